The minimum atomic E-state index is -0.121. The molecule has 2 amide bonds. The van der Waals surface area contributed by atoms with Crippen LogP contribution in [0.1, 0.15) is 35.7 Å². The molecule has 122 valence electrons. The van der Waals surface area contributed by atoms with Crippen molar-refractivity contribution < 1.29 is 9.59 Å². The van der Waals surface area contributed by atoms with Crippen LogP contribution >= 0.6 is 11.3 Å². The first-order chi connectivity index (χ1) is 11.2. The molecule has 2 rings (SSSR count). The number of nitrogens with zero attached hydrogens (tertiary/aromatic N) is 1. The summed E-state index contributed by atoms with van der Waals surface area (Å²) < 4.78 is 0. The molecule has 0 radical (unpaired) electrons. The highest BCUT2D eigenvalue weighted by molar-refractivity contribution is 7.08. The molecule has 0 saturated carbocycles. The molecule has 1 aromatic carbocycles. The van der Waals surface area contributed by atoms with Gasteiger partial charge in [0.2, 0.25) is 5.91 Å². The molecule has 23 heavy (non-hydrogen) atoms. The van der Waals surface area contributed by atoms with Gasteiger partial charge >= 0.3 is 0 Å². The zero-order valence-electron chi connectivity index (χ0n) is 13.3. The van der Waals surface area contributed by atoms with Gasteiger partial charge in [-0.05, 0) is 23.4 Å². The lowest BCUT2D eigenvalue weighted by Gasteiger charge is -2.22. The molecule has 1 N–H and O–H groups in total. The normalized spacial score (nSPS) is 10.3. The lowest BCUT2D eigenvalue weighted by atomic mass is 10.2. The topological polar surface area (TPSA) is 49.4 Å². The van der Waals surface area contributed by atoms with Gasteiger partial charge in [0.1, 0.15) is 0 Å². The quantitative estimate of drug-likeness (QED) is 0.807. The van der Waals surface area contributed by atoms with Crippen molar-refractivity contribution in [1.82, 2.24) is 10.2 Å². The molecule has 0 aliphatic rings. The second-order valence-electron chi connectivity index (χ2n) is 5.32. The standard InChI is InChI=1S/C18H22N2O2S/c1-2-11-20(13-15-6-4-3-5-7-15)17(21)8-10-19-18(22)16-9-12-23-14-16/h3-7,9,12,14H,2,8,10-11,13H2,1H3,(H,19,22). The monoisotopic (exact) mass is 330 g/mol. The molecule has 0 aliphatic heterocycles. The van der Waals surface area contributed by atoms with Crippen molar-refractivity contribution in [3.8, 4) is 0 Å². The van der Waals surface area contributed by atoms with Crippen LogP contribution in [0, 0.1) is 0 Å². The molecule has 4 nitrogen and oxygen atoms in total. The van der Waals surface area contributed by atoms with Crippen LogP contribution in [0.4, 0.5) is 0 Å². The van der Waals surface area contributed by atoms with Crippen LogP contribution in [0.5, 0.6) is 0 Å². The fourth-order valence-corrected chi connectivity index (χ4v) is 2.94. The number of hydrogen-bond acceptors (Lipinski definition) is 3. The fourth-order valence-electron chi connectivity index (χ4n) is 2.30. The SMILES string of the molecule is CCCN(Cc1ccccc1)C(=O)CCNC(=O)c1ccsc1. The molecule has 0 unspecified atom stereocenters. The third-order valence-electron chi connectivity index (χ3n) is 3.47. The van der Waals surface area contributed by atoms with E-state index in [-0.39, 0.29) is 11.8 Å². The summed E-state index contributed by atoms with van der Waals surface area (Å²) in [7, 11) is 0. The number of carbonyl (C=O) groups excluding carboxylic acids is 2. The minimum Gasteiger partial charge on any atom is -0.351 e. The average molecular weight is 330 g/mol. The Labute approximate surface area is 141 Å². The zero-order chi connectivity index (χ0) is 16.5. The predicted molar refractivity (Wildman–Crippen MR) is 93.4 cm³/mol. The number of rotatable bonds is 8. The van der Waals surface area contributed by atoms with E-state index in [2.05, 4.69) is 12.2 Å². The van der Waals surface area contributed by atoms with Crippen molar-refractivity contribution in [3.05, 3.63) is 58.3 Å². The van der Waals surface area contributed by atoms with E-state index in [1.54, 1.807) is 11.4 Å². The molecule has 1 heterocycles. The van der Waals surface area contributed by atoms with Gasteiger partial charge in [-0.25, -0.2) is 0 Å². The van der Waals surface area contributed by atoms with Crippen LogP contribution in [-0.4, -0.2) is 29.8 Å². The van der Waals surface area contributed by atoms with Crippen LogP contribution in [0.15, 0.2) is 47.2 Å². The summed E-state index contributed by atoms with van der Waals surface area (Å²) in [6.45, 7) is 3.77. The van der Waals surface area contributed by atoms with E-state index in [0.29, 0.717) is 25.1 Å². The molecule has 0 aliphatic carbocycles. The van der Waals surface area contributed by atoms with E-state index in [9.17, 15) is 9.59 Å². The second-order valence-corrected chi connectivity index (χ2v) is 6.10. The van der Waals surface area contributed by atoms with Crippen molar-refractivity contribution in [3.63, 3.8) is 0 Å². The minimum absolute atomic E-state index is 0.0707. The Morgan fingerprint density at radius 3 is 2.61 bits per heavy atom. The second kappa shape index (κ2) is 9.10. The highest BCUT2D eigenvalue weighted by Crippen LogP contribution is 2.08. The largest absolute Gasteiger partial charge is 0.351 e. The molecule has 0 spiro atoms. The summed E-state index contributed by atoms with van der Waals surface area (Å²) in [4.78, 5) is 26.1. The maximum Gasteiger partial charge on any atom is 0.252 e. The van der Waals surface area contributed by atoms with Crippen molar-refractivity contribution >= 4 is 23.2 Å². The number of carbonyl (C=O) groups is 2. The lowest BCUT2D eigenvalue weighted by molar-refractivity contribution is -0.131. The first kappa shape index (κ1) is 17.2. The van der Waals surface area contributed by atoms with E-state index < -0.39 is 0 Å². The van der Waals surface area contributed by atoms with Gasteiger partial charge < -0.3 is 10.2 Å². The Balaban J connectivity index is 1.82. The number of amides is 2. The van der Waals surface area contributed by atoms with E-state index in [4.69, 9.17) is 0 Å². The molecule has 1 aromatic heterocycles. The van der Waals surface area contributed by atoms with Crippen molar-refractivity contribution in [1.29, 1.82) is 0 Å². The van der Waals surface area contributed by atoms with Gasteiger partial charge in [-0.1, -0.05) is 37.3 Å². The highest BCUT2D eigenvalue weighted by atomic mass is 32.1. The predicted octanol–water partition coefficient (Wildman–Crippen LogP) is 3.31. The summed E-state index contributed by atoms with van der Waals surface area (Å²) in [5.74, 6) is -0.0505. The van der Waals surface area contributed by atoms with Crippen LogP contribution < -0.4 is 5.32 Å². The van der Waals surface area contributed by atoms with Crippen molar-refractivity contribution in [2.45, 2.75) is 26.3 Å². The van der Waals surface area contributed by atoms with Crippen molar-refractivity contribution in [2.24, 2.45) is 0 Å². The summed E-state index contributed by atoms with van der Waals surface area (Å²) in [6, 6.07) is 11.7. The smallest absolute Gasteiger partial charge is 0.252 e. The lowest BCUT2D eigenvalue weighted by Crippen LogP contribution is -2.34. The molecule has 2 aromatic rings. The van der Waals surface area contributed by atoms with Crippen molar-refractivity contribution in [2.75, 3.05) is 13.1 Å². The van der Waals surface area contributed by atoms with Crippen LogP contribution in [0.2, 0.25) is 0 Å². The van der Waals surface area contributed by atoms with E-state index >= 15 is 0 Å². The molecule has 0 bridgehead atoms. The molecule has 0 fully saturated rings. The number of hydrogen-bond donors (Lipinski definition) is 1. The average Bonchev–Trinajstić information content (AvgIpc) is 3.10. The molecule has 5 heteroatoms. The van der Waals surface area contributed by atoms with Gasteiger partial charge in [0.25, 0.3) is 5.91 Å². The Morgan fingerprint density at radius 2 is 1.96 bits per heavy atom. The maximum atomic E-state index is 12.4. The molecular formula is C18H22N2O2S. The van der Waals surface area contributed by atoms with E-state index in [1.165, 1.54) is 11.3 Å². The van der Waals surface area contributed by atoms with Crippen LogP contribution in [0.25, 0.3) is 0 Å². The van der Waals surface area contributed by atoms with Gasteiger partial charge in [0.15, 0.2) is 0 Å². The van der Waals surface area contributed by atoms with Gasteiger partial charge in [-0.2, -0.15) is 11.3 Å². The number of benzene rings is 1. The third kappa shape index (κ3) is 5.53. The van der Waals surface area contributed by atoms with Gasteiger partial charge in [0.05, 0.1) is 0 Å². The first-order valence-electron chi connectivity index (χ1n) is 7.82. The Bertz CT molecular complexity index is 611. The summed E-state index contributed by atoms with van der Waals surface area (Å²) in [5.41, 5.74) is 1.77. The summed E-state index contributed by atoms with van der Waals surface area (Å²) in [6.07, 6.45) is 1.24. The summed E-state index contributed by atoms with van der Waals surface area (Å²) in [5, 5.41) is 6.46. The van der Waals surface area contributed by atoms with Gasteiger partial charge in [-0.15, -0.1) is 0 Å². The zero-order valence-corrected chi connectivity index (χ0v) is 14.1. The molecular weight excluding hydrogens is 308 g/mol. The first-order valence-corrected chi connectivity index (χ1v) is 8.77. The number of nitrogens with one attached hydrogen (secondary N) is 1. The Hall–Kier alpha value is -2.14. The molecule has 0 saturated heterocycles. The summed E-state index contributed by atoms with van der Waals surface area (Å²) >= 11 is 1.48. The van der Waals surface area contributed by atoms with Gasteiger partial charge in [0, 0.05) is 37.0 Å². The van der Waals surface area contributed by atoms with E-state index in [1.807, 2.05) is 40.6 Å². The maximum absolute atomic E-state index is 12.4. The Morgan fingerprint density at radius 1 is 1.17 bits per heavy atom. The van der Waals surface area contributed by atoms with Gasteiger partial charge in [-0.3, -0.25) is 9.59 Å². The third-order valence-corrected chi connectivity index (χ3v) is 4.15. The number of thiophene rings is 1. The highest BCUT2D eigenvalue weighted by Gasteiger charge is 2.13. The van der Waals surface area contributed by atoms with Crippen LogP contribution in [0.3, 0.4) is 0 Å². The van der Waals surface area contributed by atoms with Crippen LogP contribution in [-0.2, 0) is 11.3 Å². The fraction of sp³-hybridized carbons (Fsp3) is 0.333. The molecule has 0 atom stereocenters. The van der Waals surface area contributed by atoms with E-state index in [0.717, 1.165) is 18.5 Å². The Kier molecular flexibility index (Phi) is 6.81.